The van der Waals surface area contributed by atoms with Gasteiger partial charge in [0.05, 0.1) is 16.4 Å². The number of rotatable bonds is 2. The Balaban J connectivity index is 2.21. The van der Waals surface area contributed by atoms with E-state index in [2.05, 4.69) is 27.1 Å². The van der Waals surface area contributed by atoms with Crippen molar-refractivity contribution in [2.24, 2.45) is 0 Å². The minimum atomic E-state index is -0.930. The van der Waals surface area contributed by atoms with Gasteiger partial charge in [-0.1, -0.05) is 24.3 Å². The van der Waals surface area contributed by atoms with Gasteiger partial charge in [0.15, 0.2) is 0 Å². The van der Waals surface area contributed by atoms with Gasteiger partial charge >= 0.3 is 0 Å². The van der Waals surface area contributed by atoms with Crippen molar-refractivity contribution in [2.45, 2.75) is 38.3 Å². The Morgan fingerprint density at radius 3 is 3.00 bits per heavy atom. The summed E-state index contributed by atoms with van der Waals surface area (Å²) in [4.78, 5) is 0. The van der Waals surface area contributed by atoms with Crippen LogP contribution in [0, 0.1) is 0 Å². The van der Waals surface area contributed by atoms with E-state index in [0.717, 1.165) is 41.5 Å². The molecule has 0 radical (unpaired) electrons. The van der Waals surface area contributed by atoms with Crippen LogP contribution in [0.2, 0.25) is 0 Å². The van der Waals surface area contributed by atoms with Gasteiger partial charge in [-0.25, -0.2) is 0 Å². The van der Waals surface area contributed by atoms with Gasteiger partial charge in [0, 0.05) is 6.54 Å². The van der Waals surface area contributed by atoms with E-state index in [1.807, 2.05) is 29.8 Å². The van der Waals surface area contributed by atoms with Gasteiger partial charge in [-0.15, -0.1) is 0 Å². The number of nitrogens with zero attached hydrogens (tertiary/aromatic N) is 2. The first-order chi connectivity index (χ1) is 9.16. The average Bonchev–Trinajstić information content (AvgIpc) is 2.81. The third kappa shape index (κ3) is 1.94. The van der Waals surface area contributed by atoms with Crippen LogP contribution in [0.4, 0.5) is 0 Å². The summed E-state index contributed by atoms with van der Waals surface area (Å²) < 4.78 is 2.76. The van der Waals surface area contributed by atoms with Crippen molar-refractivity contribution in [1.29, 1.82) is 0 Å². The molecule has 1 heterocycles. The molecule has 4 heteroatoms. The van der Waals surface area contributed by atoms with E-state index in [0.29, 0.717) is 0 Å². The molecule has 0 amide bonds. The maximum Gasteiger partial charge on any atom is 0.133 e. The average molecular weight is 321 g/mol. The fraction of sp³-hybridized carbons (Fsp3) is 0.400. The number of aromatic nitrogens is 2. The number of halogens is 1. The second-order valence-electron chi connectivity index (χ2n) is 5.03. The van der Waals surface area contributed by atoms with Crippen molar-refractivity contribution in [3.63, 3.8) is 0 Å². The minimum Gasteiger partial charge on any atom is -0.379 e. The molecule has 3 nitrogen and oxygen atoms in total. The fourth-order valence-electron chi connectivity index (χ4n) is 3.07. The maximum atomic E-state index is 11.3. The Hall–Kier alpha value is -1.13. The molecular weight excluding hydrogens is 304 g/mol. The Kier molecular flexibility index (Phi) is 3.23. The summed E-state index contributed by atoms with van der Waals surface area (Å²) in [6.45, 7) is 2.80. The number of aryl methyl sites for hydroxylation is 2. The molecule has 19 heavy (non-hydrogen) atoms. The smallest absolute Gasteiger partial charge is 0.133 e. The van der Waals surface area contributed by atoms with Crippen molar-refractivity contribution in [3.8, 4) is 0 Å². The lowest BCUT2D eigenvalue weighted by molar-refractivity contribution is 0.0515. The van der Waals surface area contributed by atoms with E-state index in [1.54, 1.807) is 6.20 Å². The minimum absolute atomic E-state index is 0.744. The molecule has 1 atom stereocenters. The van der Waals surface area contributed by atoms with Crippen molar-refractivity contribution in [1.82, 2.24) is 9.78 Å². The Morgan fingerprint density at radius 2 is 2.21 bits per heavy atom. The standard InChI is InChI=1S/C15H17BrN2O/c1-2-18-14(13(16)10-17-18)15(19)9-5-7-11-6-3-4-8-12(11)15/h3-4,6,8,10,19H,2,5,7,9H2,1H3. The lowest BCUT2D eigenvalue weighted by atomic mass is 9.77. The first-order valence-corrected chi connectivity index (χ1v) is 7.48. The van der Waals surface area contributed by atoms with Gasteiger partial charge in [0.1, 0.15) is 5.60 Å². The summed E-state index contributed by atoms with van der Waals surface area (Å²) in [5, 5.41) is 15.6. The molecule has 0 bridgehead atoms. The van der Waals surface area contributed by atoms with E-state index in [9.17, 15) is 5.11 Å². The Morgan fingerprint density at radius 1 is 1.42 bits per heavy atom. The molecule has 0 saturated carbocycles. The quantitative estimate of drug-likeness (QED) is 0.922. The molecule has 1 aliphatic carbocycles. The molecule has 1 aromatic heterocycles. The summed E-state index contributed by atoms with van der Waals surface area (Å²) in [6.07, 6.45) is 4.55. The summed E-state index contributed by atoms with van der Waals surface area (Å²) in [5.74, 6) is 0. The van der Waals surface area contributed by atoms with Gasteiger partial charge in [0.2, 0.25) is 0 Å². The van der Waals surface area contributed by atoms with Crippen molar-refractivity contribution >= 4 is 15.9 Å². The maximum absolute atomic E-state index is 11.3. The van der Waals surface area contributed by atoms with Crippen LogP contribution in [-0.2, 0) is 18.6 Å². The van der Waals surface area contributed by atoms with Crippen LogP contribution >= 0.6 is 15.9 Å². The zero-order valence-corrected chi connectivity index (χ0v) is 12.5. The lowest BCUT2D eigenvalue weighted by Gasteiger charge is -2.35. The summed E-state index contributed by atoms with van der Waals surface area (Å²) in [5.41, 5.74) is 2.21. The van der Waals surface area contributed by atoms with E-state index in [1.165, 1.54) is 5.56 Å². The number of fused-ring (bicyclic) bond motifs is 1. The highest BCUT2D eigenvalue weighted by molar-refractivity contribution is 9.10. The molecule has 0 aliphatic heterocycles. The molecule has 0 saturated heterocycles. The van der Waals surface area contributed by atoms with Gasteiger partial charge in [-0.2, -0.15) is 5.10 Å². The van der Waals surface area contributed by atoms with E-state index in [-0.39, 0.29) is 0 Å². The SMILES string of the molecule is CCn1ncc(Br)c1C1(O)CCCc2ccccc21. The first kappa shape index (κ1) is 12.9. The van der Waals surface area contributed by atoms with Crippen LogP contribution in [0.15, 0.2) is 34.9 Å². The predicted octanol–water partition coefficient (Wildman–Crippen LogP) is 3.24. The predicted molar refractivity (Wildman–Crippen MR) is 78.0 cm³/mol. The van der Waals surface area contributed by atoms with E-state index < -0.39 is 5.60 Å². The zero-order chi connectivity index (χ0) is 13.5. The topological polar surface area (TPSA) is 38.0 Å². The normalized spacial score (nSPS) is 22.3. The van der Waals surface area contributed by atoms with Crippen molar-refractivity contribution in [2.75, 3.05) is 0 Å². The molecular formula is C15H17BrN2O. The molecule has 1 aliphatic rings. The molecule has 3 rings (SSSR count). The molecule has 1 unspecified atom stereocenters. The summed E-state index contributed by atoms with van der Waals surface area (Å²) in [6, 6.07) is 8.18. The van der Waals surface area contributed by atoms with Gasteiger partial charge in [-0.3, -0.25) is 4.68 Å². The number of hydrogen-bond donors (Lipinski definition) is 1. The van der Waals surface area contributed by atoms with Crippen molar-refractivity contribution in [3.05, 3.63) is 51.8 Å². The zero-order valence-electron chi connectivity index (χ0n) is 10.9. The highest BCUT2D eigenvalue weighted by Crippen LogP contribution is 2.42. The Bertz CT molecular complexity index is 608. The van der Waals surface area contributed by atoms with Crippen molar-refractivity contribution < 1.29 is 5.11 Å². The molecule has 0 spiro atoms. The van der Waals surface area contributed by atoms with Gasteiger partial charge < -0.3 is 5.11 Å². The third-order valence-electron chi connectivity index (χ3n) is 3.93. The van der Waals surface area contributed by atoms with Crippen LogP contribution in [0.3, 0.4) is 0 Å². The first-order valence-electron chi connectivity index (χ1n) is 6.69. The van der Waals surface area contributed by atoms with Crippen LogP contribution < -0.4 is 0 Å². The molecule has 2 aromatic rings. The van der Waals surface area contributed by atoms with Gasteiger partial charge in [0.25, 0.3) is 0 Å². The highest BCUT2D eigenvalue weighted by Gasteiger charge is 2.40. The number of benzene rings is 1. The molecule has 100 valence electrons. The lowest BCUT2D eigenvalue weighted by Crippen LogP contribution is -2.34. The van der Waals surface area contributed by atoms with E-state index >= 15 is 0 Å². The molecule has 1 N–H and O–H groups in total. The monoisotopic (exact) mass is 320 g/mol. The third-order valence-corrected chi connectivity index (χ3v) is 4.51. The Labute approximate surface area is 121 Å². The number of hydrogen-bond acceptors (Lipinski definition) is 2. The summed E-state index contributed by atoms with van der Waals surface area (Å²) >= 11 is 3.54. The fourth-order valence-corrected chi connectivity index (χ4v) is 3.69. The van der Waals surface area contributed by atoms with Crippen LogP contribution in [-0.4, -0.2) is 14.9 Å². The largest absolute Gasteiger partial charge is 0.379 e. The van der Waals surface area contributed by atoms with Crippen LogP contribution in [0.25, 0.3) is 0 Å². The molecule has 1 aromatic carbocycles. The van der Waals surface area contributed by atoms with Gasteiger partial charge in [-0.05, 0) is 53.2 Å². The van der Waals surface area contributed by atoms with Crippen LogP contribution in [0.5, 0.6) is 0 Å². The van der Waals surface area contributed by atoms with E-state index in [4.69, 9.17) is 0 Å². The molecule has 0 fully saturated rings. The summed E-state index contributed by atoms with van der Waals surface area (Å²) in [7, 11) is 0. The highest BCUT2D eigenvalue weighted by atomic mass is 79.9. The second kappa shape index (κ2) is 4.76. The second-order valence-corrected chi connectivity index (χ2v) is 5.88. The van der Waals surface area contributed by atoms with Crippen LogP contribution in [0.1, 0.15) is 36.6 Å². The number of aliphatic hydroxyl groups is 1.